The maximum Gasteiger partial charge on any atom is 0.257 e. The number of piperidine rings is 1. The molecule has 5 nitrogen and oxygen atoms in total. The average molecular weight is 395 g/mol. The molecule has 0 unspecified atom stereocenters. The fourth-order valence-corrected chi connectivity index (χ4v) is 3.50. The van der Waals surface area contributed by atoms with Crippen LogP contribution < -0.4 is 5.32 Å². The van der Waals surface area contributed by atoms with Crippen LogP contribution in [0.2, 0.25) is 5.02 Å². The molecule has 26 heavy (non-hydrogen) atoms. The fraction of sp³-hybridized carbons (Fsp3) is 0.474. The predicted molar refractivity (Wildman–Crippen MR) is 105 cm³/mol. The molecule has 1 amide bonds. The molecule has 1 aliphatic heterocycles. The fourth-order valence-electron chi connectivity index (χ4n) is 3.32. The van der Waals surface area contributed by atoms with Crippen LogP contribution in [-0.2, 0) is 0 Å². The molecule has 4 rings (SSSR count). The van der Waals surface area contributed by atoms with Gasteiger partial charge in [0.2, 0.25) is 0 Å². The molecule has 1 saturated heterocycles. The Morgan fingerprint density at radius 3 is 2.69 bits per heavy atom. The van der Waals surface area contributed by atoms with E-state index in [1.807, 2.05) is 29.2 Å². The molecular weight excluding hydrogens is 371 g/mol. The van der Waals surface area contributed by atoms with Gasteiger partial charge in [0.15, 0.2) is 0 Å². The first-order chi connectivity index (χ1) is 12.2. The lowest BCUT2D eigenvalue weighted by Crippen LogP contribution is -2.45. The number of carbonyl (C=O) groups is 1. The summed E-state index contributed by atoms with van der Waals surface area (Å²) in [4.78, 5) is 14.7. The Kier molecular flexibility index (Phi) is 6.22. The molecule has 0 atom stereocenters. The van der Waals surface area contributed by atoms with Crippen LogP contribution in [0, 0.1) is 5.92 Å². The van der Waals surface area contributed by atoms with E-state index in [1.165, 1.54) is 12.8 Å². The molecule has 2 aromatic rings. The highest BCUT2D eigenvalue weighted by molar-refractivity contribution is 6.30. The minimum Gasteiger partial charge on any atom is -0.338 e. The molecule has 7 heteroatoms. The Labute approximate surface area is 165 Å². The predicted octanol–water partition coefficient (Wildman–Crippen LogP) is 3.55. The van der Waals surface area contributed by atoms with E-state index in [1.54, 1.807) is 17.1 Å². The van der Waals surface area contributed by atoms with Gasteiger partial charge in [-0.3, -0.25) is 4.79 Å². The zero-order valence-corrected chi connectivity index (χ0v) is 16.2. The standard InChI is InChI=1S/C19H23ClN4O.ClH/c20-16-2-1-3-18(10-16)24-13-15(12-22-24)19(25)23-8-6-17(7-9-23)21-11-14-4-5-14;/h1-3,10,12-14,17,21H,4-9,11H2;1H. The van der Waals surface area contributed by atoms with Crippen molar-refractivity contribution in [2.45, 2.75) is 31.7 Å². The van der Waals surface area contributed by atoms with Crippen molar-refractivity contribution in [3.05, 3.63) is 47.2 Å². The summed E-state index contributed by atoms with van der Waals surface area (Å²) in [6, 6.07) is 8.01. The van der Waals surface area contributed by atoms with Gasteiger partial charge in [0.25, 0.3) is 5.91 Å². The number of aromatic nitrogens is 2. The van der Waals surface area contributed by atoms with E-state index in [0.29, 0.717) is 16.6 Å². The van der Waals surface area contributed by atoms with E-state index in [9.17, 15) is 4.79 Å². The highest BCUT2D eigenvalue weighted by Gasteiger charge is 2.26. The summed E-state index contributed by atoms with van der Waals surface area (Å²) in [5.74, 6) is 0.964. The zero-order valence-electron chi connectivity index (χ0n) is 14.6. The van der Waals surface area contributed by atoms with Crippen LogP contribution in [0.5, 0.6) is 0 Å². The molecule has 2 heterocycles. The average Bonchev–Trinajstić information content (AvgIpc) is 3.33. The van der Waals surface area contributed by atoms with Crippen LogP contribution in [0.1, 0.15) is 36.0 Å². The second-order valence-electron chi connectivity index (χ2n) is 7.07. The van der Waals surface area contributed by atoms with Crippen LogP contribution in [0.15, 0.2) is 36.7 Å². The van der Waals surface area contributed by atoms with E-state index in [4.69, 9.17) is 11.6 Å². The zero-order chi connectivity index (χ0) is 17.2. The maximum atomic E-state index is 12.7. The van der Waals surface area contributed by atoms with Crippen LogP contribution in [0.25, 0.3) is 5.69 Å². The second-order valence-corrected chi connectivity index (χ2v) is 7.51. The minimum absolute atomic E-state index is 0. The third kappa shape index (κ3) is 4.58. The molecule has 2 aliphatic rings. The molecule has 1 aromatic heterocycles. The van der Waals surface area contributed by atoms with Gasteiger partial charge in [-0.15, -0.1) is 12.4 Å². The Bertz CT molecular complexity index is 752. The Balaban J connectivity index is 0.00000196. The van der Waals surface area contributed by atoms with Crippen molar-refractivity contribution in [1.29, 1.82) is 0 Å². The third-order valence-electron chi connectivity index (χ3n) is 5.08. The largest absolute Gasteiger partial charge is 0.338 e. The van der Waals surface area contributed by atoms with Crippen LogP contribution in [0.4, 0.5) is 0 Å². The summed E-state index contributed by atoms with van der Waals surface area (Å²) in [6.07, 6.45) is 8.23. The number of halogens is 2. The first-order valence-electron chi connectivity index (χ1n) is 9.02. The number of likely N-dealkylation sites (tertiary alicyclic amines) is 1. The highest BCUT2D eigenvalue weighted by atomic mass is 35.5. The van der Waals surface area contributed by atoms with Crippen LogP contribution in [0.3, 0.4) is 0 Å². The Hall–Kier alpha value is -1.56. The van der Waals surface area contributed by atoms with E-state index in [0.717, 1.165) is 44.1 Å². The maximum absolute atomic E-state index is 12.7. The molecule has 1 aliphatic carbocycles. The molecule has 0 spiro atoms. The van der Waals surface area contributed by atoms with E-state index in [2.05, 4.69) is 10.4 Å². The molecule has 1 N–H and O–H groups in total. The minimum atomic E-state index is 0. The normalized spacial score (nSPS) is 17.8. The van der Waals surface area contributed by atoms with Gasteiger partial charge >= 0.3 is 0 Å². The van der Waals surface area contributed by atoms with Crippen molar-refractivity contribution < 1.29 is 4.79 Å². The van der Waals surface area contributed by atoms with Gasteiger partial charge in [-0.2, -0.15) is 5.10 Å². The number of nitrogens with zero attached hydrogens (tertiary/aromatic N) is 3. The molecule has 2 fully saturated rings. The first kappa shape index (κ1) is 19.2. The molecule has 0 bridgehead atoms. The first-order valence-corrected chi connectivity index (χ1v) is 9.40. The van der Waals surface area contributed by atoms with Crippen LogP contribution >= 0.6 is 24.0 Å². The molecule has 140 valence electrons. The molecule has 1 aromatic carbocycles. The Morgan fingerprint density at radius 2 is 2.00 bits per heavy atom. The number of amides is 1. The van der Waals surface area contributed by atoms with Gasteiger partial charge in [-0.25, -0.2) is 4.68 Å². The van der Waals surface area contributed by atoms with Crippen molar-refractivity contribution >= 4 is 29.9 Å². The number of carbonyl (C=O) groups excluding carboxylic acids is 1. The van der Waals surface area contributed by atoms with Gasteiger partial charge in [0.05, 0.1) is 17.4 Å². The summed E-state index contributed by atoms with van der Waals surface area (Å²) >= 11 is 6.03. The number of benzene rings is 1. The number of hydrogen-bond acceptors (Lipinski definition) is 3. The SMILES string of the molecule is Cl.O=C(c1cnn(-c2cccc(Cl)c2)c1)N1CCC(NCC2CC2)CC1. The molecule has 1 saturated carbocycles. The lowest BCUT2D eigenvalue weighted by atomic mass is 10.0. The topological polar surface area (TPSA) is 50.2 Å². The number of hydrogen-bond donors (Lipinski definition) is 1. The number of rotatable bonds is 5. The van der Waals surface area contributed by atoms with Crippen molar-refractivity contribution in [2.24, 2.45) is 5.92 Å². The van der Waals surface area contributed by atoms with Gasteiger partial charge in [0, 0.05) is 30.4 Å². The van der Waals surface area contributed by atoms with Crippen molar-refractivity contribution in [3.8, 4) is 5.69 Å². The summed E-state index contributed by atoms with van der Waals surface area (Å²) in [5.41, 5.74) is 1.49. The van der Waals surface area contributed by atoms with Gasteiger partial charge in [-0.05, 0) is 56.3 Å². The molecular formula is C19H24Cl2N4O. The van der Waals surface area contributed by atoms with E-state index < -0.39 is 0 Å². The highest BCUT2D eigenvalue weighted by Crippen LogP contribution is 2.28. The monoisotopic (exact) mass is 394 g/mol. The van der Waals surface area contributed by atoms with Gasteiger partial charge in [-0.1, -0.05) is 17.7 Å². The van der Waals surface area contributed by atoms with E-state index >= 15 is 0 Å². The third-order valence-corrected chi connectivity index (χ3v) is 5.31. The van der Waals surface area contributed by atoms with Gasteiger partial charge < -0.3 is 10.2 Å². The smallest absolute Gasteiger partial charge is 0.257 e. The van der Waals surface area contributed by atoms with Crippen molar-refractivity contribution in [2.75, 3.05) is 19.6 Å². The second kappa shape index (κ2) is 8.42. The summed E-state index contributed by atoms with van der Waals surface area (Å²) in [7, 11) is 0. The van der Waals surface area contributed by atoms with Gasteiger partial charge in [0.1, 0.15) is 0 Å². The Morgan fingerprint density at radius 1 is 1.23 bits per heavy atom. The molecule has 0 radical (unpaired) electrons. The summed E-state index contributed by atoms with van der Waals surface area (Å²) < 4.78 is 1.70. The van der Waals surface area contributed by atoms with Crippen molar-refractivity contribution in [3.63, 3.8) is 0 Å². The summed E-state index contributed by atoms with van der Waals surface area (Å²) in [5, 5.41) is 8.61. The summed E-state index contributed by atoms with van der Waals surface area (Å²) in [6.45, 7) is 2.76. The van der Waals surface area contributed by atoms with E-state index in [-0.39, 0.29) is 18.3 Å². The van der Waals surface area contributed by atoms with Crippen LogP contribution in [-0.4, -0.2) is 46.3 Å². The van der Waals surface area contributed by atoms with Crippen molar-refractivity contribution in [1.82, 2.24) is 20.0 Å². The lowest BCUT2D eigenvalue weighted by molar-refractivity contribution is 0.0705. The quantitative estimate of drug-likeness (QED) is 0.843. The number of nitrogens with one attached hydrogen (secondary N) is 1. The lowest BCUT2D eigenvalue weighted by Gasteiger charge is -2.32.